The Balaban J connectivity index is 1.24. The SMILES string of the molecule is CC1CC1c1ccc(CN2CCc3nc(C4CCCCC4)ncc3C2)o1. The second-order valence-electron chi connectivity index (χ2n) is 8.62. The highest BCUT2D eigenvalue weighted by Crippen LogP contribution is 2.47. The lowest BCUT2D eigenvalue weighted by Gasteiger charge is -2.28. The van der Waals surface area contributed by atoms with Crippen LogP contribution in [0.15, 0.2) is 22.7 Å². The highest BCUT2D eigenvalue weighted by atomic mass is 16.3. The van der Waals surface area contributed by atoms with E-state index in [2.05, 4.69) is 30.2 Å². The Morgan fingerprint density at radius 2 is 2.04 bits per heavy atom. The Kier molecular flexibility index (Phi) is 4.32. The first kappa shape index (κ1) is 16.5. The molecule has 26 heavy (non-hydrogen) atoms. The topological polar surface area (TPSA) is 42.2 Å². The molecule has 4 heteroatoms. The average molecular weight is 351 g/mol. The zero-order valence-electron chi connectivity index (χ0n) is 15.8. The van der Waals surface area contributed by atoms with E-state index in [-0.39, 0.29) is 0 Å². The lowest BCUT2D eigenvalue weighted by Crippen LogP contribution is -2.31. The highest BCUT2D eigenvalue weighted by molar-refractivity contribution is 5.22. The lowest BCUT2D eigenvalue weighted by atomic mass is 9.88. The van der Waals surface area contributed by atoms with Gasteiger partial charge in [0.1, 0.15) is 17.3 Å². The first-order chi connectivity index (χ1) is 12.8. The smallest absolute Gasteiger partial charge is 0.131 e. The van der Waals surface area contributed by atoms with Crippen LogP contribution in [0.3, 0.4) is 0 Å². The van der Waals surface area contributed by atoms with E-state index < -0.39 is 0 Å². The summed E-state index contributed by atoms with van der Waals surface area (Å²) in [4.78, 5) is 12.2. The van der Waals surface area contributed by atoms with Crippen molar-refractivity contribution in [1.29, 1.82) is 0 Å². The lowest BCUT2D eigenvalue weighted by molar-refractivity contribution is 0.221. The summed E-state index contributed by atoms with van der Waals surface area (Å²) >= 11 is 0. The van der Waals surface area contributed by atoms with Gasteiger partial charge in [0.2, 0.25) is 0 Å². The monoisotopic (exact) mass is 351 g/mol. The van der Waals surface area contributed by atoms with E-state index in [1.807, 2.05) is 0 Å². The Morgan fingerprint density at radius 1 is 1.19 bits per heavy atom. The van der Waals surface area contributed by atoms with Crippen molar-refractivity contribution in [2.24, 2.45) is 5.92 Å². The van der Waals surface area contributed by atoms with Crippen molar-refractivity contribution in [3.05, 3.63) is 46.9 Å². The van der Waals surface area contributed by atoms with Gasteiger partial charge >= 0.3 is 0 Å². The molecule has 2 atom stereocenters. The van der Waals surface area contributed by atoms with Gasteiger partial charge in [-0.1, -0.05) is 26.2 Å². The molecule has 2 unspecified atom stereocenters. The standard InChI is InChI=1S/C22H29N3O/c1-15-11-19(15)21-8-7-18(26-21)14-25-10-9-20-17(13-25)12-23-22(24-20)16-5-3-2-4-6-16/h7-8,12,15-16,19H,2-6,9-11,13-14H2,1H3. The van der Waals surface area contributed by atoms with Gasteiger partial charge in [0.25, 0.3) is 0 Å². The summed E-state index contributed by atoms with van der Waals surface area (Å²) in [5.74, 6) is 5.45. The number of furan rings is 1. The third-order valence-corrected chi connectivity index (χ3v) is 6.54. The summed E-state index contributed by atoms with van der Waals surface area (Å²) in [6.45, 7) is 5.20. The van der Waals surface area contributed by atoms with Crippen LogP contribution >= 0.6 is 0 Å². The zero-order valence-corrected chi connectivity index (χ0v) is 15.8. The van der Waals surface area contributed by atoms with Crippen molar-refractivity contribution < 1.29 is 4.42 Å². The number of fused-ring (bicyclic) bond motifs is 1. The van der Waals surface area contributed by atoms with Gasteiger partial charge in [-0.05, 0) is 37.3 Å². The maximum absolute atomic E-state index is 6.09. The van der Waals surface area contributed by atoms with E-state index in [0.29, 0.717) is 11.8 Å². The summed E-state index contributed by atoms with van der Waals surface area (Å²) < 4.78 is 6.09. The molecule has 0 bridgehead atoms. The van der Waals surface area contributed by atoms with Crippen LogP contribution in [0.25, 0.3) is 0 Å². The minimum absolute atomic E-state index is 0.596. The highest BCUT2D eigenvalue weighted by Gasteiger charge is 2.36. The predicted molar refractivity (Wildman–Crippen MR) is 101 cm³/mol. The van der Waals surface area contributed by atoms with Gasteiger partial charge in [0, 0.05) is 48.8 Å². The van der Waals surface area contributed by atoms with Crippen molar-refractivity contribution in [2.45, 2.75) is 76.8 Å². The van der Waals surface area contributed by atoms with Gasteiger partial charge in [-0.25, -0.2) is 9.97 Å². The third-order valence-electron chi connectivity index (χ3n) is 6.54. The Hall–Kier alpha value is -1.68. The third kappa shape index (κ3) is 3.32. The van der Waals surface area contributed by atoms with Crippen LogP contribution in [0.4, 0.5) is 0 Å². The Bertz CT molecular complexity index is 777. The molecule has 138 valence electrons. The second-order valence-corrected chi connectivity index (χ2v) is 8.62. The van der Waals surface area contributed by atoms with Crippen LogP contribution < -0.4 is 0 Å². The van der Waals surface area contributed by atoms with Crippen molar-refractivity contribution in [2.75, 3.05) is 6.54 Å². The van der Waals surface area contributed by atoms with Crippen molar-refractivity contribution in [1.82, 2.24) is 14.9 Å². The number of hydrogen-bond acceptors (Lipinski definition) is 4. The van der Waals surface area contributed by atoms with Crippen LogP contribution in [-0.4, -0.2) is 21.4 Å². The summed E-state index contributed by atoms with van der Waals surface area (Å²) in [5.41, 5.74) is 2.59. The quantitative estimate of drug-likeness (QED) is 0.793. The first-order valence-corrected chi connectivity index (χ1v) is 10.4. The maximum Gasteiger partial charge on any atom is 0.131 e. The summed E-state index contributed by atoms with van der Waals surface area (Å²) in [6, 6.07) is 4.35. The maximum atomic E-state index is 6.09. The van der Waals surface area contributed by atoms with Crippen LogP contribution in [-0.2, 0) is 19.5 Å². The largest absolute Gasteiger partial charge is 0.464 e. The zero-order chi connectivity index (χ0) is 17.5. The molecule has 2 aromatic heterocycles. The summed E-state index contributed by atoms with van der Waals surface area (Å²) in [5, 5.41) is 0. The molecule has 2 saturated carbocycles. The van der Waals surface area contributed by atoms with Gasteiger partial charge in [-0.3, -0.25) is 4.90 Å². The number of aromatic nitrogens is 2. The summed E-state index contributed by atoms with van der Waals surface area (Å²) in [6.07, 6.45) is 11.0. The van der Waals surface area contributed by atoms with E-state index in [4.69, 9.17) is 14.4 Å². The van der Waals surface area contributed by atoms with E-state index in [1.165, 1.54) is 55.5 Å². The van der Waals surface area contributed by atoms with Gasteiger partial charge in [-0.2, -0.15) is 0 Å². The van der Waals surface area contributed by atoms with Crippen molar-refractivity contribution in [3.8, 4) is 0 Å². The first-order valence-electron chi connectivity index (χ1n) is 10.4. The minimum atomic E-state index is 0.596. The molecule has 4 nitrogen and oxygen atoms in total. The van der Waals surface area contributed by atoms with Crippen LogP contribution in [0.5, 0.6) is 0 Å². The molecule has 2 fully saturated rings. The normalized spacial score (nSPS) is 26.7. The van der Waals surface area contributed by atoms with Crippen molar-refractivity contribution >= 4 is 0 Å². The van der Waals surface area contributed by atoms with Gasteiger partial charge in [0.05, 0.1) is 6.54 Å². The fourth-order valence-corrected chi connectivity index (χ4v) is 4.70. The van der Waals surface area contributed by atoms with Gasteiger partial charge in [0.15, 0.2) is 0 Å². The molecule has 3 heterocycles. The van der Waals surface area contributed by atoms with Gasteiger partial charge < -0.3 is 4.42 Å². The number of rotatable bonds is 4. The minimum Gasteiger partial charge on any atom is -0.464 e. The Labute approximate surface area is 156 Å². The molecule has 0 radical (unpaired) electrons. The Morgan fingerprint density at radius 3 is 2.85 bits per heavy atom. The molecule has 5 rings (SSSR count). The average Bonchev–Trinajstić information content (AvgIpc) is 3.23. The molecule has 0 N–H and O–H groups in total. The van der Waals surface area contributed by atoms with E-state index in [1.54, 1.807) is 0 Å². The number of hydrogen-bond donors (Lipinski definition) is 0. The van der Waals surface area contributed by atoms with E-state index in [9.17, 15) is 0 Å². The van der Waals surface area contributed by atoms with Gasteiger partial charge in [-0.15, -0.1) is 0 Å². The van der Waals surface area contributed by atoms with Crippen LogP contribution in [0, 0.1) is 5.92 Å². The molecule has 2 aliphatic carbocycles. The summed E-state index contributed by atoms with van der Waals surface area (Å²) in [7, 11) is 0. The van der Waals surface area contributed by atoms with E-state index in [0.717, 1.165) is 43.6 Å². The molecule has 3 aliphatic rings. The second kappa shape index (κ2) is 6.80. The number of nitrogens with zero attached hydrogens (tertiary/aromatic N) is 3. The molecular weight excluding hydrogens is 322 g/mol. The molecule has 0 saturated heterocycles. The van der Waals surface area contributed by atoms with Crippen LogP contribution in [0.2, 0.25) is 0 Å². The predicted octanol–water partition coefficient (Wildman–Crippen LogP) is 4.80. The molecule has 0 amide bonds. The molecule has 2 aromatic rings. The van der Waals surface area contributed by atoms with Crippen molar-refractivity contribution in [3.63, 3.8) is 0 Å². The van der Waals surface area contributed by atoms with E-state index >= 15 is 0 Å². The fraction of sp³-hybridized carbons (Fsp3) is 0.636. The van der Waals surface area contributed by atoms with Crippen LogP contribution in [0.1, 0.15) is 85.9 Å². The molecule has 0 spiro atoms. The molecular formula is C22H29N3O. The fourth-order valence-electron chi connectivity index (χ4n) is 4.70. The molecule has 0 aromatic carbocycles. The molecule has 1 aliphatic heterocycles.